The fourth-order valence-corrected chi connectivity index (χ4v) is 3.76. The second kappa shape index (κ2) is 5.64. The van der Waals surface area contributed by atoms with Gasteiger partial charge in [0.25, 0.3) is 5.91 Å². The van der Waals surface area contributed by atoms with Crippen LogP contribution in [0, 0.1) is 17.2 Å². The quantitative estimate of drug-likeness (QED) is 0.920. The summed E-state index contributed by atoms with van der Waals surface area (Å²) in [4.78, 5) is 19.2. The number of benzene rings is 1. The Bertz CT molecular complexity index is 802. The number of nitrogens with one attached hydrogen (secondary N) is 1. The Hall–Kier alpha value is -2.45. The third kappa shape index (κ3) is 2.55. The number of amides is 1. The molecule has 23 heavy (non-hydrogen) atoms. The molecule has 3 fully saturated rings. The van der Waals surface area contributed by atoms with Crippen LogP contribution in [-0.4, -0.2) is 41.5 Å². The highest BCUT2D eigenvalue weighted by Gasteiger charge is 2.35. The minimum absolute atomic E-state index is 0.140. The topological polar surface area (TPSA) is 69.0 Å². The molecule has 2 aromatic rings. The van der Waals surface area contributed by atoms with Gasteiger partial charge in [-0.1, -0.05) is 12.1 Å². The van der Waals surface area contributed by atoms with Gasteiger partial charge in [-0.25, -0.2) is 0 Å². The molecule has 0 aliphatic carbocycles. The van der Waals surface area contributed by atoms with Gasteiger partial charge in [0.1, 0.15) is 5.69 Å². The maximum atomic E-state index is 12.6. The summed E-state index contributed by atoms with van der Waals surface area (Å²) in [6, 6.07) is 9.61. The van der Waals surface area contributed by atoms with E-state index in [9.17, 15) is 10.1 Å². The number of nitrogens with zero attached hydrogens (tertiary/aromatic N) is 3. The number of fused-ring (bicyclic) bond motifs is 4. The van der Waals surface area contributed by atoms with Gasteiger partial charge in [-0.05, 0) is 44.0 Å². The minimum atomic E-state index is -0.140. The summed E-state index contributed by atoms with van der Waals surface area (Å²) in [5, 5.41) is 14.0. The lowest BCUT2D eigenvalue weighted by atomic mass is 9.84. The predicted octanol–water partition coefficient (Wildman–Crippen LogP) is 1.93. The Morgan fingerprint density at radius 2 is 2.17 bits per heavy atom. The van der Waals surface area contributed by atoms with Crippen LogP contribution in [0.2, 0.25) is 0 Å². The van der Waals surface area contributed by atoms with Crippen LogP contribution in [0.5, 0.6) is 0 Å². The molecule has 0 unspecified atom stereocenters. The Morgan fingerprint density at radius 3 is 2.87 bits per heavy atom. The third-order valence-electron chi connectivity index (χ3n) is 5.09. The van der Waals surface area contributed by atoms with Crippen LogP contribution >= 0.6 is 0 Å². The molecule has 5 rings (SSSR count). The Kier molecular flexibility index (Phi) is 3.47. The molecule has 2 bridgehead atoms. The lowest BCUT2D eigenvalue weighted by Gasteiger charge is -2.44. The van der Waals surface area contributed by atoms with Crippen LogP contribution in [0.15, 0.2) is 30.5 Å². The average Bonchev–Trinajstić information content (AvgIpc) is 2.61. The van der Waals surface area contributed by atoms with E-state index in [2.05, 4.69) is 21.3 Å². The maximum absolute atomic E-state index is 12.6. The van der Waals surface area contributed by atoms with Crippen molar-refractivity contribution >= 4 is 16.7 Å². The van der Waals surface area contributed by atoms with Crippen LogP contribution in [0.25, 0.3) is 10.8 Å². The summed E-state index contributed by atoms with van der Waals surface area (Å²) in [5.74, 6) is 0.442. The highest BCUT2D eigenvalue weighted by atomic mass is 16.1. The minimum Gasteiger partial charge on any atom is -0.346 e. The number of pyridine rings is 1. The number of hydrogen-bond acceptors (Lipinski definition) is 4. The molecule has 1 amide bonds. The van der Waals surface area contributed by atoms with Gasteiger partial charge in [0.15, 0.2) is 0 Å². The molecule has 5 heteroatoms. The van der Waals surface area contributed by atoms with E-state index in [0.29, 0.717) is 17.2 Å². The van der Waals surface area contributed by atoms with Crippen molar-refractivity contribution < 1.29 is 4.79 Å². The molecule has 1 aromatic heterocycles. The standard InChI is InChI=1S/C18H18N4O/c19-9-13-2-1-3-14-10-20-16(8-15(13)14)18(23)21-17-11-22-6-4-12(17)5-7-22/h1-3,8,10,12,17H,4-7,11H2,(H,21,23)/t17-/m0/s1. The Labute approximate surface area is 134 Å². The molecule has 3 aliphatic rings. The van der Waals surface area contributed by atoms with Gasteiger partial charge >= 0.3 is 0 Å². The van der Waals surface area contributed by atoms with E-state index in [4.69, 9.17) is 0 Å². The van der Waals surface area contributed by atoms with Crippen LogP contribution < -0.4 is 5.32 Å². The van der Waals surface area contributed by atoms with Gasteiger partial charge in [0.05, 0.1) is 11.6 Å². The van der Waals surface area contributed by atoms with E-state index < -0.39 is 0 Å². The highest BCUT2D eigenvalue weighted by molar-refractivity contribution is 5.97. The number of aromatic nitrogens is 1. The van der Waals surface area contributed by atoms with E-state index in [1.807, 2.05) is 12.1 Å². The van der Waals surface area contributed by atoms with E-state index in [-0.39, 0.29) is 11.9 Å². The molecule has 3 aliphatic heterocycles. The predicted molar refractivity (Wildman–Crippen MR) is 86.9 cm³/mol. The van der Waals surface area contributed by atoms with Crippen molar-refractivity contribution in [3.63, 3.8) is 0 Å². The van der Waals surface area contributed by atoms with Gasteiger partial charge in [0.2, 0.25) is 0 Å². The first-order valence-corrected chi connectivity index (χ1v) is 8.07. The molecule has 0 saturated carbocycles. The molecule has 0 spiro atoms. The average molecular weight is 306 g/mol. The maximum Gasteiger partial charge on any atom is 0.270 e. The first kappa shape index (κ1) is 14.2. The molecule has 5 nitrogen and oxygen atoms in total. The van der Waals surface area contributed by atoms with E-state index in [0.717, 1.165) is 43.2 Å². The van der Waals surface area contributed by atoms with E-state index in [1.165, 1.54) is 0 Å². The second-order valence-corrected chi connectivity index (χ2v) is 6.43. The van der Waals surface area contributed by atoms with Crippen molar-refractivity contribution in [2.75, 3.05) is 19.6 Å². The van der Waals surface area contributed by atoms with Gasteiger partial charge in [-0.2, -0.15) is 5.26 Å². The SMILES string of the molecule is N#Cc1cccc2cnc(C(=O)N[C@H]3CN4CCC3CC4)cc12. The number of nitriles is 1. The fraction of sp³-hybridized carbons (Fsp3) is 0.389. The van der Waals surface area contributed by atoms with Crippen molar-refractivity contribution in [3.8, 4) is 6.07 Å². The van der Waals surface area contributed by atoms with Crippen molar-refractivity contribution in [2.24, 2.45) is 5.92 Å². The zero-order valence-corrected chi connectivity index (χ0v) is 12.8. The first-order valence-electron chi connectivity index (χ1n) is 8.07. The van der Waals surface area contributed by atoms with Crippen molar-refractivity contribution in [2.45, 2.75) is 18.9 Å². The summed E-state index contributed by atoms with van der Waals surface area (Å²) in [6.45, 7) is 3.24. The molecule has 0 radical (unpaired) electrons. The molecule has 4 heterocycles. The smallest absolute Gasteiger partial charge is 0.270 e. The van der Waals surface area contributed by atoms with Gasteiger partial charge in [0, 0.05) is 29.6 Å². The van der Waals surface area contributed by atoms with Gasteiger partial charge < -0.3 is 10.2 Å². The normalized spacial score (nSPS) is 26.0. The van der Waals surface area contributed by atoms with Crippen molar-refractivity contribution in [1.82, 2.24) is 15.2 Å². The van der Waals surface area contributed by atoms with Gasteiger partial charge in [-0.3, -0.25) is 9.78 Å². The number of hydrogen-bond donors (Lipinski definition) is 1. The van der Waals surface area contributed by atoms with Crippen LogP contribution in [0.1, 0.15) is 28.9 Å². The molecule has 1 N–H and O–H groups in total. The zero-order valence-electron chi connectivity index (χ0n) is 12.8. The monoisotopic (exact) mass is 306 g/mol. The molecule has 3 saturated heterocycles. The van der Waals surface area contributed by atoms with Crippen LogP contribution in [0.4, 0.5) is 0 Å². The summed E-state index contributed by atoms with van der Waals surface area (Å²) >= 11 is 0. The fourth-order valence-electron chi connectivity index (χ4n) is 3.76. The molecular formula is C18H18N4O. The number of rotatable bonds is 2. The Morgan fingerprint density at radius 1 is 1.35 bits per heavy atom. The second-order valence-electron chi connectivity index (χ2n) is 6.43. The number of carbonyl (C=O) groups excluding carboxylic acids is 1. The highest BCUT2D eigenvalue weighted by Crippen LogP contribution is 2.27. The summed E-state index contributed by atoms with van der Waals surface area (Å²) in [7, 11) is 0. The molecule has 1 aromatic carbocycles. The molecule has 116 valence electrons. The number of carbonyl (C=O) groups is 1. The van der Waals surface area contributed by atoms with Gasteiger partial charge in [-0.15, -0.1) is 0 Å². The molecular weight excluding hydrogens is 288 g/mol. The summed E-state index contributed by atoms with van der Waals surface area (Å²) in [6.07, 6.45) is 3.99. The summed E-state index contributed by atoms with van der Waals surface area (Å²) < 4.78 is 0. The third-order valence-corrected chi connectivity index (χ3v) is 5.09. The van der Waals surface area contributed by atoms with Crippen molar-refractivity contribution in [3.05, 3.63) is 41.7 Å². The van der Waals surface area contributed by atoms with E-state index >= 15 is 0 Å². The Balaban J connectivity index is 1.59. The lowest BCUT2D eigenvalue weighted by molar-refractivity contribution is 0.0618. The number of piperidine rings is 3. The summed E-state index contributed by atoms with van der Waals surface area (Å²) in [5.41, 5.74) is 0.957. The lowest BCUT2D eigenvalue weighted by Crippen LogP contribution is -2.57. The van der Waals surface area contributed by atoms with Crippen LogP contribution in [0.3, 0.4) is 0 Å². The van der Waals surface area contributed by atoms with Crippen LogP contribution in [-0.2, 0) is 0 Å². The zero-order chi connectivity index (χ0) is 15.8. The van der Waals surface area contributed by atoms with E-state index in [1.54, 1.807) is 18.3 Å². The van der Waals surface area contributed by atoms with Crippen molar-refractivity contribution in [1.29, 1.82) is 5.26 Å². The largest absolute Gasteiger partial charge is 0.346 e. The molecule has 1 atom stereocenters. The first-order chi connectivity index (χ1) is 11.2.